The predicted molar refractivity (Wildman–Crippen MR) is 71.3 cm³/mol. The summed E-state index contributed by atoms with van der Waals surface area (Å²) in [5.41, 5.74) is 0. The number of hydrogen-bond acceptors (Lipinski definition) is 3. The summed E-state index contributed by atoms with van der Waals surface area (Å²) in [5, 5.41) is 3.39. The number of hydrogen-bond donors (Lipinski definition) is 1. The Balaban J connectivity index is 2.40. The minimum atomic E-state index is 0.200. The van der Waals surface area contributed by atoms with Gasteiger partial charge in [0.2, 0.25) is 0 Å². The van der Waals surface area contributed by atoms with Crippen molar-refractivity contribution in [1.82, 2.24) is 5.32 Å². The van der Waals surface area contributed by atoms with Crippen LogP contribution in [-0.2, 0) is 9.47 Å². The number of nitrogens with one attached hydrogen (secondary N) is 1. The van der Waals surface area contributed by atoms with Crippen LogP contribution >= 0.6 is 0 Å². The van der Waals surface area contributed by atoms with Gasteiger partial charge in [-0.1, -0.05) is 13.3 Å². The Bertz CT molecular complexity index is 199. The van der Waals surface area contributed by atoms with E-state index in [0.717, 1.165) is 12.5 Å². The van der Waals surface area contributed by atoms with E-state index in [-0.39, 0.29) is 6.10 Å². The lowest BCUT2D eigenvalue weighted by atomic mass is 9.82. The highest BCUT2D eigenvalue weighted by molar-refractivity contribution is 4.85. The largest absolute Gasteiger partial charge is 0.379 e. The molecule has 1 fully saturated rings. The lowest BCUT2D eigenvalue weighted by Gasteiger charge is -2.37. The Morgan fingerprint density at radius 2 is 2.06 bits per heavy atom. The van der Waals surface area contributed by atoms with Crippen molar-refractivity contribution >= 4 is 0 Å². The van der Waals surface area contributed by atoms with Gasteiger partial charge in [-0.05, 0) is 46.1 Å². The van der Waals surface area contributed by atoms with Gasteiger partial charge in [0.15, 0.2) is 0 Å². The molecule has 0 saturated heterocycles. The molecule has 1 saturated carbocycles. The lowest BCUT2D eigenvalue weighted by Crippen LogP contribution is -2.45. The van der Waals surface area contributed by atoms with Crippen molar-refractivity contribution in [2.24, 2.45) is 5.92 Å². The standard InChI is InChI=1S/C14H29NO2/c1-5-12-7-8-13(15-4)14(9-12)17-11(3)10-16-6-2/h11-15H,5-10H2,1-4H3. The van der Waals surface area contributed by atoms with E-state index in [1.165, 1.54) is 25.7 Å². The molecule has 0 spiro atoms. The SMILES string of the molecule is CCOCC(C)OC1CC(CC)CCC1NC. The molecule has 0 aromatic rings. The molecule has 0 radical (unpaired) electrons. The van der Waals surface area contributed by atoms with Crippen molar-refractivity contribution in [2.45, 2.75) is 64.7 Å². The zero-order valence-electron chi connectivity index (χ0n) is 11.9. The minimum Gasteiger partial charge on any atom is -0.379 e. The van der Waals surface area contributed by atoms with Gasteiger partial charge in [-0.3, -0.25) is 0 Å². The van der Waals surface area contributed by atoms with E-state index in [2.05, 4.69) is 19.2 Å². The first-order valence-corrected chi connectivity index (χ1v) is 7.11. The van der Waals surface area contributed by atoms with Gasteiger partial charge in [0, 0.05) is 12.6 Å². The Hall–Kier alpha value is -0.120. The van der Waals surface area contributed by atoms with Crippen LogP contribution in [0.3, 0.4) is 0 Å². The van der Waals surface area contributed by atoms with Crippen molar-refractivity contribution in [3.05, 3.63) is 0 Å². The molecule has 1 aliphatic rings. The lowest BCUT2D eigenvalue weighted by molar-refractivity contribution is -0.0778. The third-order valence-electron chi connectivity index (χ3n) is 3.81. The molecule has 0 heterocycles. The van der Waals surface area contributed by atoms with Gasteiger partial charge in [0.05, 0.1) is 18.8 Å². The Labute approximate surface area is 106 Å². The second-order valence-electron chi connectivity index (χ2n) is 5.13. The molecule has 1 aliphatic carbocycles. The van der Waals surface area contributed by atoms with Crippen LogP contribution in [0.4, 0.5) is 0 Å². The van der Waals surface area contributed by atoms with Crippen LogP contribution in [0.25, 0.3) is 0 Å². The molecule has 0 amide bonds. The fraction of sp³-hybridized carbons (Fsp3) is 1.00. The van der Waals surface area contributed by atoms with E-state index in [1.54, 1.807) is 0 Å². The maximum atomic E-state index is 6.14. The van der Waals surface area contributed by atoms with Crippen molar-refractivity contribution in [3.63, 3.8) is 0 Å². The highest BCUT2D eigenvalue weighted by atomic mass is 16.5. The van der Waals surface area contributed by atoms with Crippen molar-refractivity contribution in [3.8, 4) is 0 Å². The van der Waals surface area contributed by atoms with E-state index in [9.17, 15) is 0 Å². The van der Waals surface area contributed by atoms with Gasteiger partial charge in [-0.25, -0.2) is 0 Å². The summed E-state index contributed by atoms with van der Waals surface area (Å²) in [7, 11) is 2.04. The predicted octanol–water partition coefficient (Wildman–Crippen LogP) is 2.59. The summed E-state index contributed by atoms with van der Waals surface area (Å²) in [6.07, 6.45) is 5.60. The highest BCUT2D eigenvalue weighted by Crippen LogP contribution is 2.29. The summed E-state index contributed by atoms with van der Waals surface area (Å²) in [5.74, 6) is 0.837. The van der Waals surface area contributed by atoms with Gasteiger partial charge in [0.1, 0.15) is 0 Å². The Morgan fingerprint density at radius 1 is 1.29 bits per heavy atom. The molecular formula is C14H29NO2. The summed E-state index contributed by atoms with van der Waals surface area (Å²) in [4.78, 5) is 0. The van der Waals surface area contributed by atoms with Crippen LogP contribution in [0.2, 0.25) is 0 Å². The topological polar surface area (TPSA) is 30.5 Å². The molecule has 0 aliphatic heterocycles. The third kappa shape index (κ3) is 4.94. The molecule has 3 nitrogen and oxygen atoms in total. The molecule has 1 N–H and O–H groups in total. The Kier molecular flexibility index (Phi) is 7.09. The molecule has 4 unspecified atom stereocenters. The van der Waals surface area contributed by atoms with Gasteiger partial charge >= 0.3 is 0 Å². The number of ether oxygens (including phenoxy) is 2. The second kappa shape index (κ2) is 8.06. The quantitative estimate of drug-likeness (QED) is 0.745. The first-order chi connectivity index (χ1) is 8.21. The molecule has 102 valence electrons. The third-order valence-corrected chi connectivity index (χ3v) is 3.81. The van der Waals surface area contributed by atoms with Crippen LogP contribution in [0.1, 0.15) is 46.5 Å². The summed E-state index contributed by atoms with van der Waals surface area (Å²) >= 11 is 0. The van der Waals surface area contributed by atoms with Crippen LogP contribution < -0.4 is 5.32 Å². The summed E-state index contributed by atoms with van der Waals surface area (Å²) < 4.78 is 11.6. The fourth-order valence-electron chi connectivity index (χ4n) is 2.68. The molecule has 4 atom stereocenters. The van der Waals surface area contributed by atoms with Crippen molar-refractivity contribution in [2.75, 3.05) is 20.3 Å². The van der Waals surface area contributed by atoms with Crippen LogP contribution in [0, 0.1) is 5.92 Å². The van der Waals surface area contributed by atoms with Crippen molar-refractivity contribution in [1.29, 1.82) is 0 Å². The number of likely N-dealkylation sites (N-methyl/N-ethyl adjacent to an activating group) is 1. The van der Waals surface area contributed by atoms with Crippen LogP contribution in [0.15, 0.2) is 0 Å². The molecule has 17 heavy (non-hydrogen) atoms. The molecule has 0 bridgehead atoms. The normalized spacial score (nSPS) is 31.4. The van der Waals surface area contributed by atoms with E-state index in [0.29, 0.717) is 18.8 Å². The van der Waals surface area contributed by atoms with Gasteiger partial charge in [-0.15, -0.1) is 0 Å². The molecule has 0 aromatic heterocycles. The van der Waals surface area contributed by atoms with Crippen LogP contribution in [0.5, 0.6) is 0 Å². The molecule has 1 rings (SSSR count). The smallest absolute Gasteiger partial charge is 0.0785 e. The average Bonchev–Trinajstić information content (AvgIpc) is 2.36. The van der Waals surface area contributed by atoms with Gasteiger partial charge in [0.25, 0.3) is 0 Å². The monoisotopic (exact) mass is 243 g/mol. The molecule has 0 aromatic carbocycles. The first kappa shape index (κ1) is 14.9. The van der Waals surface area contributed by atoms with E-state index in [1.807, 2.05) is 14.0 Å². The number of rotatable bonds is 7. The summed E-state index contributed by atoms with van der Waals surface area (Å²) in [6, 6.07) is 0.516. The minimum absolute atomic E-state index is 0.200. The van der Waals surface area contributed by atoms with Crippen molar-refractivity contribution < 1.29 is 9.47 Å². The van der Waals surface area contributed by atoms with Crippen LogP contribution in [-0.4, -0.2) is 38.5 Å². The van der Waals surface area contributed by atoms with E-state index >= 15 is 0 Å². The van der Waals surface area contributed by atoms with E-state index < -0.39 is 0 Å². The maximum Gasteiger partial charge on any atom is 0.0785 e. The Morgan fingerprint density at radius 3 is 2.65 bits per heavy atom. The zero-order chi connectivity index (χ0) is 12.7. The highest BCUT2D eigenvalue weighted by Gasteiger charge is 2.30. The average molecular weight is 243 g/mol. The summed E-state index contributed by atoms with van der Waals surface area (Å²) in [6.45, 7) is 7.89. The zero-order valence-corrected chi connectivity index (χ0v) is 11.9. The van der Waals surface area contributed by atoms with E-state index in [4.69, 9.17) is 9.47 Å². The molecular weight excluding hydrogens is 214 g/mol. The maximum absolute atomic E-state index is 6.14. The molecule has 3 heteroatoms. The second-order valence-corrected chi connectivity index (χ2v) is 5.13. The van der Waals surface area contributed by atoms with Gasteiger partial charge < -0.3 is 14.8 Å². The van der Waals surface area contributed by atoms with Gasteiger partial charge in [-0.2, -0.15) is 0 Å². The first-order valence-electron chi connectivity index (χ1n) is 7.11. The fourth-order valence-corrected chi connectivity index (χ4v) is 2.68.